The van der Waals surface area contributed by atoms with Gasteiger partial charge in [0.1, 0.15) is 0 Å². The minimum Gasteiger partial charge on any atom is -0.0648 e. The Balaban J connectivity index is 1.70. The van der Waals surface area contributed by atoms with Crippen LogP contribution in [0.2, 0.25) is 0 Å². The summed E-state index contributed by atoms with van der Waals surface area (Å²) in [5.41, 5.74) is 0.838. The third-order valence-electron chi connectivity index (χ3n) is 5.33. The van der Waals surface area contributed by atoms with E-state index in [-0.39, 0.29) is 0 Å². The van der Waals surface area contributed by atoms with Crippen LogP contribution in [0.4, 0.5) is 0 Å². The molecule has 0 nitrogen and oxygen atoms in total. The van der Waals surface area contributed by atoms with E-state index in [1.807, 2.05) is 0 Å². The predicted molar refractivity (Wildman–Crippen MR) is 60.1 cm³/mol. The van der Waals surface area contributed by atoms with Crippen LogP contribution in [0.5, 0.6) is 0 Å². The maximum Gasteiger partial charge on any atom is -0.0241 e. The Kier molecular flexibility index (Phi) is 2.15. The van der Waals surface area contributed by atoms with E-state index in [1.54, 1.807) is 44.9 Å². The van der Waals surface area contributed by atoms with Crippen molar-refractivity contribution in [2.45, 2.75) is 64.7 Å². The van der Waals surface area contributed by atoms with Crippen LogP contribution in [0.15, 0.2) is 0 Å². The molecule has 3 aliphatic rings. The second kappa shape index (κ2) is 3.25. The van der Waals surface area contributed by atoms with E-state index in [4.69, 9.17) is 0 Å². The molecule has 0 aromatic carbocycles. The lowest BCUT2D eigenvalue weighted by molar-refractivity contribution is 0.101. The van der Waals surface area contributed by atoms with Crippen LogP contribution in [-0.2, 0) is 0 Å². The molecule has 0 N–H and O–H groups in total. The Morgan fingerprint density at radius 1 is 0.929 bits per heavy atom. The topological polar surface area (TPSA) is 0 Å². The Hall–Kier alpha value is 0. The summed E-state index contributed by atoms with van der Waals surface area (Å²) in [6, 6.07) is 0. The molecule has 0 unspecified atom stereocenters. The second-order valence-corrected chi connectivity index (χ2v) is 6.14. The minimum absolute atomic E-state index is 0.838. The molecule has 0 amide bonds. The summed E-state index contributed by atoms with van der Waals surface area (Å²) in [6.07, 6.45) is 14.0. The molecule has 0 atom stereocenters. The van der Waals surface area contributed by atoms with Gasteiger partial charge < -0.3 is 0 Å². The normalized spacial score (nSPS) is 28.9. The van der Waals surface area contributed by atoms with Gasteiger partial charge >= 0.3 is 0 Å². The molecule has 3 fully saturated rings. The van der Waals surface area contributed by atoms with E-state index in [0.29, 0.717) is 0 Å². The molecule has 14 heavy (non-hydrogen) atoms. The molecular weight excluding hydrogens is 168 g/mol. The Morgan fingerprint density at radius 2 is 1.50 bits per heavy atom. The van der Waals surface area contributed by atoms with Gasteiger partial charge in [-0.25, -0.2) is 0 Å². The van der Waals surface area contributed by atoms with E-state index in [1.165, 1.54) is 12.8 Å². The Labute approximate surface area is 88.5 Å². The quantitative estimate of drug-likeness (QED) is 0.606. The number of rotatable bonds is 5. The average Bonchev–Trinajstić information content (AvgIpc) is 2.97. The zero-order valence-corrected chi connectivity index (χ0v) is 9.60. The highest BCUT2D eigenvalue weighted by Crippen LogP contribution is 2.63. The molecule has 0 bridgehead atoms. The summed E-state index contributed by atoms with van der Waals surface area (Å²) in [4.78, 5) is 0. The first-order valence-corrected chi connectivity index (χ1v) is 6.85. The lowest BCUT2D eigenvalue weighted by atomic mass is 9.65. The molecule has 3 aliphatic carbocycles. The summed E-state index contributed by atoms with van der Waals surface area (Å²) in [6.45, 7) is 2.47. The van der Waals surface area contributed by atoms with Crippen molar-refractivity contribution in [2.75, 3.05) is 0 Å². The van der Waals surface area contributed by atoms with E-state index >= 15 is 0 Å². The van der Waals surface area contributed by atoms with Gasteiger partial charge in [0.25, 0.3) is 0 Å². The van der Waals surface area contributed by atoms with Gasteiger partial charge in [-0.05, 0) is 61.7 Å². The van der Waals surface area contributed by atoms with Gasteiger partial charge in [0.05, 0.1) is 0 Å². The smallest absolute Gasteiger partial charge is 0.0241 e. The highest BCUT2D eigenvalue weighted by molar-refractivity contribution is 5.03. The molecule has 0 aliphatic heterocycles. The Bertz CT molecular complexity index is 194. The van der Waals surface area contributed by atoms with E-state index in [2.05, 4.69) is 6.92 Å². The van der Waals surface area contributed by atoms with Gasteiger partial charge in [-0.3, -0.25) is 0 Å². The summed E-state index contributed by atoms with van der Waals surface area (Å²) in [5, 5.41) is 0. The van der Waals surface area contributed by atoms with Crippen LogP contribution in [0.25, 0.3) is 0 Å². The first kappa shape index (κ1) is 9.24. The van der Waals surface area contributed by atoms with Gasteiger partial charge in [-0.15, -0.1) is 0 Å². The maximum atomic E-state index is 2.47. The van der Waals surface area contributed by atoms with Gasteiger partial charge in [0, 0.05) is 0 Å². The van der Waals surface area contributed by atoms with Crippen molar-refractivity contribution in [2.24, 2.45) is 23.2 Å². The van der Waals surface area contributed by atoms with Crippen LogP contribution < -0.4 is 0 Å². The molecule has 0 aromatic rings. The van der Waals surface area contributed by atoms with Crippen molar-refractivity contribution in [3.63, 3.8) is 0 Å². The van der Waals surface area contributed by atoms with Gasteiger partial charge in [-0.2, -0.15) is 0 Å². The number of hydrogen-bond donors (Lipinski definition) is 0. The average molecular weight is 192 g/mol. The predicted octanol–water partition coefficient (Wildman–Crippen LogP) is 4.39. The fourth-order valence-corrected chi connectivity index (χ4v) is 3.94. The Morgan fingerprint density at radius 3 is 1.79 bits per heavy atom. The van der Waals surface area contributed by atoms with Crippen molar-refractivity contribution in [3.8, 4) is 0 Å². The standard InChI is InChI=1S/C14H24/c1-2-14(12-6-7-12,13-8-9-13)10-11-4-3-5-11/h11-13H,2-10H2,1H3. The molecule has 0 spiro atoms. The van der Waals surface area contributed by atoms with Gasteiger partial charge in [0.15, 0.2) is 0 Å². The molecule has 80 valence electrons. The second-order valence-electron chi connectivity index (χ2n) is 6.14. The summed E-state index contributed by atoms with van der Waals surface area (Å²) in [5.74, 6) is 3.44. The monoisotopic (exact) mass is 192 g/mol. The molecule has 3 saturated carbocycles. The highest BCUT2D eigenvalue weighted by Gasteiger charge is 2.53. The molecule has 0 radical (unpaired) electrons. The van der Waals surface area contributed by atoms with Gasteiger partial charge in [-0.1, -0.05) is 26.2 Å². The fraction of sp³-hybridized carbons (Fsp3) is 1.00. The molecule has 0 heteroatoms. The fourth-order valence-electron chi connectivity index (χ4n) is 3.94. The van der Waals surface area contributed by atoms with Crippen molar-refractivity contribution in [3.05, 3.63) is 0 Å². The van der Waals surface area contributed by atoms with Gasteiger partial charge in [0.2, 0.25) is 0 Å². The van der Waals surface area contributed by atoms with E-state index in [9.17, 15) is 0 Å². The largest absolute Gasteiger partial charge is 0.0648 e. The van der Waals surface area contributed by atoms with E-state index in [0.717, 1.165) is 23.2 Å². The summed E-state index contributed by atoms with van der Waals surface area (Å²) in [7, 11) is 0. The third kappa shape index (κ3) is 1.42. The molecular formula is C14H24. The molecule has 0 saturated heterocycles. The molecule has 3 rings (SSSR count). The van der Waals surface area contributed by atoms with Crippen molar-refractivity contribution >= 4 is 0 Å². The summed E-state index contributed by atoms with van der Waals surface area (Å²) < 4.78 is 0. The van der Waals surface area contributed by atoms with Crippen LogP contribution >= 0.6 is 0 Å². The minimum atomic E-state index is 0.838. The first-order chi connectivity index (χ1) is 6.85. The molecule has 0 heterocycles. The van der Waals surface area contributed by atoms with Crippen LogP contribution in [0, 0.1) is 23.2 Å². The van der Waals surface area contributed by atoms with Crippen LogP contribution in [0.1, 0.15) is 64.7 Å². The zero-order chi connectivity index (χ0) is 9.60. The highest BCUT2D eigenvalue weighted by atomic mass is 14.6. The first-order valence-electron chi connectivity index (χ1n) is 6.85. The number of hydrogen-bond acceptors (Lipinski definition) is 0. The lowest BCUT2D eigenvalue weighted by Gasteiger charge is -2.40. The molecule has 0 aromatic heterocycles. The van der Waals surface area contributed by atoms with Crippen LogP contribution in [0.3, 0.4) is 0 Å². The van der Waals surface area contributed by atoms with Crippen molar-refractivity contribution in [1.82, 2.24) is 0 Å². The zero-order valence-electron chi connectivity index (χ0n) is 9.60. The maximum absolute atomic E-state index is 2.47. The SMILES string of the molecule is CCC(CC1CCC1)(C1CC1)C1CC1. The lowest BCUT2D eigenvalue weighted by Crippen LogP contribution is -2.30. The van der Waals surface area contributed by atoms with Crippen LogP contribution in [-0.4, -0.2) is 0 Å². The van der Waals surface area contributed by atoms with Crippen molar-refractivity contribution < 1.29 is 0 Å². The van der Waals surface area contributed by atoms with Crippen molar-refractivity contribution in [1.29, 1.82) is 0 Å². The summed E-state index contributed by atoms with van der Waals surface area (Å²) >= 11 is 0. The van der Waals surface area contributed by atoms with E-state index < -0.39 is 0 Å². The third-order valence-corrected chi connectivity index (χ3v) is 5.33.